The van der Waals surface area contributed by atoms with Gasteiger partial charge in [-0.15, -0.1) is 0 Å². The Morgan fingerprint density at radius 1 is 0.771 bits per heavy atom. The summed E-state index contributed by atoms with van der Waals surface area (Å²) in [6, 6.07) is 0. The van der Waals surface area contributed by atoms with Crippen molar-refractivity contribution in [3.05, 3.63) is 23.7 Å². The van der Waals surface area contributed by atoms with Gasteiger partial charge in [0.15, 0.2) is 7.28 Å². The van der Waals surface area contributed by atoms with E-state index in [1.54, 1.807) is 28.0 Å². The molecule has 35 heavy (non-hydrogen) atoms. The van der Waals surface area contributed by atoms with E-state index < -0.39 is 0 Å². The molecule has 0 spiro atoms. The third-order valence-corrected chi connectivity index (χ3v) is 2.88. The quantitative estimate of drug-likeness (QED) is 0.233. The zero-order valence-electron chi connectivity index (χ0n) is 21.4. The van der Waals surface area contributed by atoms with Crippen LogP contribution in [0.5, 0.6) is 0 Å². The van der Waals surface area contributed by atoms with Crippen molar-refractivity contribution < 1.29 is 226 Å². The number of hydrogen-bond donors (Lipinski definition) is 2. The van der Waals surface area contributed by atoms with Crippen molar-refractivity contribution in [2.75, 3.05) is 20.2 Å². The molecule has 181 valence electrons. The van der Waals surface area contributed by atoms with Crippen LogP contribution in [0.3, 0.4) is 0 Å². The zero-order chi connectivity index (χ0) is 25.3. The van der Waals surface area contributed by atoms with Crippen LogP contribution in [0.15, 0.2) is 23.7 Å². The summed E-state index contributed by atoms with van der Waals surface area (Å²) in [4.78, 5) is 45.8. The summed E-state index contributed by atoms with van der Waals surface area (Å²) < 4.78 is 15.6. The molecule has 0 saturated carbocycles. The number of carbonyl (C=O) groups excluding carboxylic acids is 4. The van der Waals surface area contributed by atoms with Crippen LogP contribution < -0.4 is 0 Å². The Labute approximate surface area is 353 Å². The molecule has 19 heteroatoms. The number of carbonyl (C=O) groups is 4. The first kappa shape index (κ1) is 66.8. The van der Waals surface area contributed by atoms with Gasteiger partial charge in [-0.1, -0.05) is 20.5 Å². The average Bonchev–Trinajstić information content (AvgIpc) is 3.31. The predicted molar refractivity (Wildman–Crippen MR) is 115 cm³/mol. The number of rotatable bonds is 3. The average molecular weight is 1510 g/mol. The standard InChI is InChI=1S/C7H9BNO2.C6H7NO2.2CH3B.CH4O.3Ac.2Hg.3H2O.O/c1-3-9-6(10)4-5(8-2)7(9)11;1-2-7-5(8)3-4-6(7)9;3*1-2;;;;;;;;;/h4H,3H2,1-2H3;3-4H,2H2,1H3;2*1H3;2H,1H3;;;;;;3*1H2;/q;;;;;;;;;+1;;;;/p-1. The summed E-state index contributed by atoms with van der Waals surface area (Å²) in [6.45, 7) is 9.21. The van der Waals surface area contributed by atoms with Crippen LogP contribution in [0.25, 0.3) is 0 Å². The second-order valence-corrected chi connectivity index (χ2v) is 4.03. The summed E-state index contributed by atoms with van der Waals surface area (Å²) in [5.41, 5.74) is 0.497. The van der Waals surface area contributed by atoms with Crippen LogP contribution in [0, 0.1) is 132 Å². The van der Waals surface area contributed by atoms with Gasteiger partial charge in [0.2, 0.25) is 5.91 Å². The van der Waals surface area contributed by atoms with Gasteiger partial charge in [-0.2, -0.15) is 0 Å². The molecule has 6 N–H and O–H groups in total. The molecule has 0 bridgehead atoms. The normalized spacial score (nSPS) is 10.8. The Morgan fingerprint density at radius 3 is 1.20 bits per heavy atom. The summed E-state index contributed by atoms with van der Waals surface area (Å²) in [5, 5.41) is 7.00. The van der Waals surface area contributed by atoms with Gasteiger partial charge in [-0.3, -0.25) is 29.0 Å². The summed E-state index contributed by atoms with van der Waals surface area (Å²) >= 11 is -0.194. The topological polar surface area (TPSA) is 195 Å². The third kappa shape index (κ3) is 32.2. The molecule has 0 atom stereocenters. The second-order valence-electron chi connectivity index (χ2n) is 4.03. The molecular formula is C16H31Ac3B3Hg2N2O9. The van der Waals surface area contributed by atoms with Gasteiger partial charge in [0, 0.05) is 171 Å². The predicted octanol–water partition coefficient (Wildman–Crippen LogP) is -2.37. The Kier molecular flexibility index (Phi) is 103. The van der Waals surface area contributed by atoms with Gasteiger partial charge in [-0.05, 0) is 19.3 Å². The SMILES string of the molecule is CCN1C(=O)C=CC1=O.CO.C[B]C1=CC(=O)N(CC)C1=O.O.O.[Ac].[Ac].[Ac].[B]C.[B]C.[OH][Hg].[O]=[Hg]. The van der Waals surface area contributed by atoms with Gasteiger partial charge in [0.05, 0.1) is 15.7 Å². The maximum atomic E-state index is 11.2. The molecule has 2 aliphatic heterocycles. The van der Waals surface area contributed by atoms with E-state index in [2.05, 4.69) is 15.7 Å². The fourth-order valence-corrected chi connectivity index (χ4v) is 1.78. The maximum absolute atomic E-state index is 11.2. The van der Waals surface area contributed by atoms with E-state index in [1.807, 2.05) is 0 Å². The number of nitrogens with zero attached hydrogens (tertiary/aromatic N) is 2. The van der Waals surface area contributed by atoms with Crippen molar-refractivity contribution in [3.8, 4) is 0 Å². The monoisotopic (exact) mass is 1510 g/mol. The van der Waals surface area contributed by atoms with Gasteiger partial charge in [0.25, 0.3) is 17.7 Å². The summed E-state index contributed by atoms with van der Waals surface area (Å²) in [6.07, 6.45) is 3.93. The number of aliphatic hydroxyl groups excluding tert-OH is 1. The Balaban J connectivity index is -0.0000000299. The molecule has 0 aromatic heterocycles. The van der Waals surface area contributed by atoms with E-state index in [4.69, 9.17) is 10.8 Å². The first-order chi connectivity index (χ1) is 14.5. The number of likely N-dealkylation sites (N-methyl/N-ethyl adjacent to an activating group) is 2. The van der Waals surface area contributed by atoms with Gasteiger partial charge >= 0.3 is 58.4 Å². The van der Waals surface area contributed by atoms with Crippen LogP contribution in [-0.4, -0.2) is 95.7 Å². The number of hydrogen-bond acceptors (Lipinski definition) is 7. The van der Waals surface area contributed by atoms with Gasteiger partial charge in [0.1, 0.15) is 0 Å². The number of imide groups is 2. The van der Waals surface area contributed by atoms with Crippen LogP contribution in [0.2, 0.25) is 20.5 Å². The van der Waals surface area contributed by atoms with Crippen molar-refractivity contribution in [1.82, 2.24) is 9.80 Å². The molecule has 0 aromatic rings. The van der Waals surface area contributed by atoms with Gasteiger partial charge < -0.3 is 16.1 Å². The molecular weight excluding hydrogens is 1480 g/mol. The second kappa shape index (κ2) is 54.0. The van der Waals surface area contributed by atoms with Crippen molar-refractivity contribution in [3.63, 3.8) is 0 Å². The Bertz CT molecular complexity index is 552. The van der Waals surface area contributed by atoms with E-state index in [0.29, 0.717) is 18.6 Å². The first-order valence-corrected chi connectivity index (χ1v) is 13.3. The van der Waals surface area contributed by atoms with Crippen molar-refractivity contribution >= 4 is 46.6 Å². The molecule has 11 nitrogen and oxygen atoms in total. The summed E-state index contributed by atoms with van der Waals surface area (Å²) in [5.74, 6) is -0.796. The van der Waals surface area contributed by atoms with E-state index in [1.165, 1.54) is 41.7 Å². The summed E-state index contributed by atoms with van der Waals surface area (Å²) in [7, 11) is 11.6. The van der Waals surface area contributed by atoms with Crippen LogP contribution in [-0.2, 0) is 74.5 Å². The van der Waals surface area contributed by atoms with Crippen molar-refractivity contribution in [2.45, 2.75) is 34.3 Å². The molecule has 0 aliphatic carbocycles. The molecule has 2 heterocycles. The van der Waals surface area contributed by atoms with E-state index >= 15 is 0 Å². The van der Waals surface area contributed by atoms with Crippen LogP contribution in [0.4, 0.5) is 0 Å². The molecule has 4 amide bonds. The molecule has 2 rings (SSSR count). The minimum absolute atomic E-state index is 0. The van der Waals surface area contributed by atoms with Crippen molar-refractivity contribution in [1.29, 1.82) is 0 Å². The number of amides is 4. The molecule has 0 saturated heterocycles. The first-order valence-electron chi connectivity index (χ1n) is 8.57. The zero-order valence-corrected chi connectivity index (χ0v) is 46.6. The fraction of sp³-hybridized carbons (Fsp3) is 0.500. The van der Waals surface area contributed by atoms with Crippen LogP contribution in [0.1, 0.15) is 13.8 Å². The van der Waals surface area contributed by atoms with Crippen LogP contribution >= 0.6 is 0 Å². The molecule has 0 fully saturated rings. The Morgan fingerprint density at radius 2 is 1.06 bits per heavy atom. The van der Waals surface area contributed by atoms with E-state index in [9.17, 15) is 19.2 Å². The molecule has 0 unspecified atom stereocenters. The number of aliphatic hydroxyl groups is 1. The van der Waals surface area contributed by atoms with Gasteiger partial charge in [-0.25, -0.2) is 0 Å². The molecule has 0 aromatic carbocycles. The third-order valence-electron chi connectivity index (χ3n) is 2.88. The molecule has 8 radical (unpaired) electrons. The Hall–Kier alpha value is 3.79. The van der Waals surface area contributed by atoms with E-state index in [0.717, 1.165) is 7.11 Å². The van der Waals surface area contributed by atoms with Crippen molar-refractivity contribution in [2.24, 2.45) is 0 Å². The minimum atomic E-state index is -0.222. The van der Waals surface area contributed by atoms with E-state index in [-0.39, 0.29) is 219 Å². The fourth-order valence-electron chi connectivity index (χ4n) is 1.78. The molecule has 2 aliphatic rings.